The van der Waals surface area contributed by atoms with Gasteiger partial charge < -0.3 is 14.2 Å². The number of aryl methyl sites for hydroxylation is 1. The average Bonchev–Trinajstić information content (AvgIpc) is 2.92. The average molecular weight is 277 g/mol. The third-order valence-electron chi connectivity index (χ3n) is 4.02. The SMILES string of the molecule is CCc1cnc(CN2CC(=O)N3CCCCC3C2=O)o1. The monoisotopic (exact) mass is 277 g/mol. The van der Waals surface area contributed by atoms with Gasteiger partial charge in [0, 0.05) is 13.0 Å². The molecule has 0 saturated carbocycles. The summed E-state index contributed by atoms with van der Waals surface area (Å²) in [5.74, 6) is 1.37. The second-order valence-corrected chi connectivity index (χ2v) is 5.37. The molecule has 2 saturated heterocycles. The molecule has 0 radical (unpaired) electrons. The Balaban J connectivity index is 1.73. The van der Waals surface area contributed by atoms with Gasteiger partial charge in [-0.1, -0.05) is 6.92 Å². The molecule has 0 N–H and O–H groups in total. The van der Waals surface area contributed by atoms with Gasteiger partial charge in [0.25, 0.3) is 0 Å². The lowest BCUT2D eigenvalue weighted by molar-refractivity contribution is -0.158. The number of carbonyl (C=O) groups excluding carboxylic acids is 2. The van der Waals surface area contributed by atoms with Gasteiger partial charge in [0.15, 0.2) is 0 Å². The van der Waals surface area contributed by atoms with Crippen LogP contribution in [0.5, 0.6) is 0 Å². The summed E-state index contributed by atoms with van der Waals surface area (Å²) in [4.78, 5) is 32.0. The molecule has 3 heterocycles. The van der Waals surface area contributed by atoms with E-state index in [4.69, 9.17) is 4.42 Å². The largest absolute Gasteiger partial charge is 0.444 e. The minimum Gasteiger partial charge on any atom is -0.444 e. The fraction of sp³-hybridized carbons (Fsp3) is 0.643. The van der Waals surface area contributed by atoms with Crippen LogP contribution in [-0.4, -0.2) is 45.7 Å². The number of amides is 2. The van der Waals surface area contributed by atoms with Crippen LogP contribution in [0, 0.1) is 0 Å². The van der Waals surface area contributed by atoms with Crippen LogP contribution in [-0.2, 0) is 22.6 Å². The zero-order chi connectivity index (χ0) is 14.1. The number of aromatic nitrogens is 1. The van der Waals surface area contributed by atoms with Gasteiger partial charge in [-0.05, 0) is 19.3 Å². The molecular formula is C14H19N3O3. The third-order valence-corrected chi connectivity index (χ3v) is 4.02. The molecule has 2 aliphatic heterocycles. The molecule has 2 aliphatic rings. The van der Waals surface area contributed by atoms with Crippen LogP contribution in [0.1, 0.15) is 37.8 Å². The van der Waals surface area contributed by atoms with Crippen LogP contribution in [0.3, 0.4) is 0 Å². The molecule has 1 atom stereocenters. The molecule has 6 heteroatoms. The molecule has 0 spiro atoms. The highest BCUT2D eigenvalue weighted by atomic mass is 16.4. The van der Waals surface area contributed by atoms with Crippen molar-refractivity contribution in [3.63, 3.8) is 0 Å². The normalized spacial score (nSPS) is 23.1. The van der Waals surface area contributed by atoms with E-state index in [0.29, 0.717) is 12.4 Å². The van der Waals surface area contributed by atoms with Crippen LogP contribution < -0.4 is 0 Å². The van der Waals surface area contributed by atoms with E-state index in [-0.39, 0.29) is 30.9 Å². The van der Waals surface area contributed by atoms with Gasteiger partial charge in [0.05, 0.1) is 12.7 Å². The molecule has 0 aromatic carbocycles. The Morgan fingerprint density at radius 1 is 1.40 bits per heavy atom. The summed E-state index contributed by atoms with van der Waals surface area (Å²) in [6.07, 6.45) is 5.23. The van der Waals surface area contributed by atoms with Crippen LogP contribution in [0.25, 0.3) is 0 Å². The predicted molar refractivity (Wildman–Crippen MR) is 70.7 cm³/mol. The highest BCUT2D eigenvalue weighted by molar-refractivity contribution is 5.94. The maximum Gasteiger partial charge on any atom is 0.246 e. The van der Waals surface area contributed by atoms with Gasteiger partial charge in [-0.25, -0.2) is 4.98 Å². The molecule has 3 rings (SSSR count). The second-order valence-electron chi connectivity index (χ2n) is 5.37. The van der Waals surface area contributed by atoms with Gasteiger partial charge in [0.1, 0.15) is 18.3 Å². The van der Waals surface area contributed by atoms with Gasteiger partial charge in [0.2, 0.25) is 17.7 Å². The van der Waals surface area contributed by atoms with Crippen LogP contribution in [0.4, 0.5) is 0 Å². The number of hydrogen-bond acceptors (Lipinski definition) is 4. The number of rotatable bonds is 3. The van der Waals surface area contributed by atoms with Crippen molar-refractivity contribution >= 4 is 11.8 Å². The number of carbonyl (C=O) groups is 2. The first-order valence-corrected chi connectivity index (χ1v) is 7.21. The summed E-state index contributed by atoms with van der Waals surface area (Å²) in [5, 5.41) is 0. The van der Waals surface area contributed by atoms with Crippen molar-refractivity contribution in [2.45, 2.75) is 45.2 Å². The number of fused-ring (bicyclic) bond motifs is 1. The van der Waals surface area contributed by atoms with Gasteiger partial charge >= 0.3 is 0 Å². The zero-order valence-electron chi connectivity index (χ0n) is 11.7. The number of hydrogen-bond donors (Lipinski definition) is 0. The Morgan fingerprint density at radius 2 is 2.25 bits per heavy atom. The van der Waals surface area contributed by atoms with Crippen molar-refractivity contribution in [1.29, 1.82) is 0 Å². The third kappa shape index (κ3) is 2.30. The molecule has 6 nitrogen and oxygen atoms in total. The van der Waals surface area contributed by atoms with Crippen molar-refractivity contribution in [3.8, 4) is 0 Å². The Bertz CT molecular complexity index is 525. The first-order chi connectivity index (χ1) is 9.69. The smallest absolute Gasteiger partial charge is 0.246 e. The van der Waals surface area contributed by atoms with Crippen molar-refractivity contribution in [3.05, 3.63) is 17.8 Å². The van der Waals surface area contributed by atoms with E-state index in [0.717, 1.165) is 31.4 Å². The lowest BCUT2D eigenvalue weighted by atomic mass is 9.98. The fourth-order valence-electron chi connectivity index (χ4n) is 2.91. The predicted octanol–water partition coefficient (Wildman–Crippen LogP) is 0.960. The Labute approximate surface area is 117 Å². The Kier molecular flexibility index (Phi) is 3.46. The summed E-state index contributed by atoms with van der Waals surface area (Å²) in [6, 6.07) is -0.273. The molecule has 2 amide bonds. The Hall–Kier alpha value is -1.85. The highest BCUT2D eigenvalue weighted by Crippen LogP contribution is 2.24. The van der Waals surface area contributed by atoms with Gasteiger partial charge in [-0.3, -0.25) is 9.59 Å². The standard InChI is InChI=1S/C14H19N3O3/c1-2-10-7-15-12(20-10)8-16-9-13(18)17-6-4-3-5-11(17)14(16)19/h7,11H,2-6,8-9H2,1H3. The van der Waals surface area contributed by atoms with Crippen LogP contribution in [0.2, 0.25) is 0 Å². The Morgan fingerprint density at radius 3 is 3.00 bits per heavy atom. The minimum atomic E-state index is -0.273. The molecule has 0 aliphatic carbocycles. The second kappa shape index (κ2) is 5.26. The molecule has 0 bridgehead atoms. The van der Waals surface area contributed by atoms with E-state index < -0.39 is 0 Å². The summed E-state index contributed by atoms with van der Waals surface area (Å²) in [6.45, 7) is 3.12. The summed E-state index contributed by atoms with van der Waals surface area (Å²) >= 11 is 0. The van der Waals surface area contributed by atoms with Crippen molar-refractivity contribution in [2.75, 3.05) is 13.1 Å². The number of piperidine rings is 1. The molecular weight excluding hydrogens is 258 g/mol. The molecule has 1 aromatic rings. The van der Waals surface area contributed by atoms with E-state index in [1.807, 2.05) is 6.92 Å². The number of nitrogens with zero attached hydrogens (tertiary/aromatic N) is 3. The van der Waals surface area contributed by atoms with Gasteiger partial charge in [-0.2, -0.15) is 0 Å². The van der Waals surface area contributed by atoms with Gasteiger partial charge in [-0.15, -0.1) is 0 Å². The molecule has 1 unspecified atom stereocenters. The first kappa shape index (κ1) is 13.1. The summed E-state index contributed by atoms with van der Waals surface area (Å²) in [7, 11) is 0. The van der Waals surface area contributed by atoms with Crippen molar-refractivity contribution in [1.82, 2.24) is 14.8 Å². The summed E-state index contributed by atoms with van der Waals surface area (Å²) in [5.41, 5.74) is 0. The number of piperazine rings is 1. The first-order valence-electron chi connectivity index (χ1n) is 7.21. The summed E-state index contributed by atoms with van der Waals surface area (Å²) < 4.78 is 5.53. The lowest BCUT2D eigenvalue weighted by Gasteiger charge is -2.42. The van der Waals surface area contributed by atoms with Crippen molar-refractivity contribution < 1.29 is 14.0 Å². The van der Waals surface area contributed by atoms with Crippen molar-refractivity contribution in [2.24, 2.45) is 0 Å². The topological polar surface area (TPSA) is 66.7 Å². The van der Waals surface area contributed by atoms with Crippen LogP contribution >= 0.6 is 0 Å². The zero-order valence-corrected chi connectivity index (χ0v) is 11.7. The molecule has 108 valence electrons. The lowest BCUT2D eigenvalue weighted by Crippen LogP contribution is -2.60. The molecule has 2 fully saturated rings. The van der Waals surface area contributed by atoms with E-state index in [1.54, 1.807) is 16.0 Å². The highest BCUT2D eigenvalue weighted by Gasteiger charge is 2.40. The maximum absolute atomic E-state index is 12.4. The quantitative estimate of drug-likeness (QED) is 0.825. The minimum absolute atomic E-state index is 0.0283. The van der Waals surface area contributed by atoms with E-state index >= 15 is 0 Å². The molecule has 1 aromatic heterocycles. The maximum atomic E-state index is 12.4. The van der Waals surface area contributed by atoms with Crippen LogP contribution in [0.15, 0.2) is 10.6 Å². The van der Waals surface area contributed by atoms with E-state index in [2.05, 4.69) is 4.98 Å². The molecule has 20 heavy (non-hydrogen) atoms. The van der Waals surface area contributed by atoms with E-state index in [1.165, 1.54) is 0 Å². The fourth-order valence-corrected chi connectivity index (χ4v) is 2.91. The number of oxazole rings is 1. The van der Waals surface area contributed by atoms with E-state index in [9.17, 15) is 9.59 Å².